The number of carbonyl (C=O) groups is 1. The molecule has 0 aliphatic carbocycles. The van der Waals surface area contributed by atoms with Crippen molar-refractivity contribution in [2.45, 2.75) is 13.5 Å². The summed E-state index contributed by atoms with van der Waals surface area (Å²) < 4.78 is 0. The number of nitrogens with one attached hydrogen (secondary N) is 2. The first-order valence-corrected chi connectivity index (χ1v) is 8.03. The highest BCUT2D eigenvalue weighted by atomic mass is 35.5. The number of benzene rings is 1. The SMILES string of the molecule is Cc1cc(Cl)ccc1Nc1nccc(C(=O)NCc2ccncc2)n1. The minimum atomic E-state index is -0.268. The summed E-state index contributed by atoms with van der Waals surface area (Å²) in [5.41, 5.74) is 3.05. The van der Waals surface area contributed by atoms with Gasteiger partial charge in [0.05, 0.1) is 0 Å². The number of carbonyl (C=O) groups excluding carboxylic acids is 1. The highest BCUT2D eigenvalue weighted by molar-refractivity contribution is 6.30. The predicted octanol–water partition coefficient (Wildman–Crippen LogP) is 3.51. The van der Waals surface area contributed by atoms with Gasteiger partial charge < -0.3 is 10.6 Å². The minimum Gasteiger partial charge on any atom is -0.347 e. The Hall–Kier alpha value is -2.99. The number of rotatable bonds is 5. The largest absolute Gasteiger partial charge is 0.347 e. The Kier molecular flexibility index (Phi) is 5.20. The normalized spacial score (nSPS) is 10.3. The predicted molar refractivity (Wildman–Crippen MR) is 96.9 cm³/mol. The zero-order chi connectivity index (χ0) is 17.6. The lowest BCUT2D eigenvalue weighted by Gasteiger charge is -2.09. The summed E-state index contributed by atoms with van der Waals surface area (Å²) in [4.78, 5) is 24.6. The molecule has 7 heteroatoms. The summed E-state index contributed by atoms with van der Waals surface area (Å²) in [7, 11) is 0. The topological polar surface area (TPSA) is 79.8 Å². The summed E-state index contributed by atoms with van der Waals surface area (Å²) in [5.74, 6) is 0.0806. The third-order valence-corrected chi connectivity index (χ3v) is 3.76. The van der Waals surface area contributed by atoms with Crippen molar-refractivity contribution in [2.24, 2.45) is 0 Å². The van der Waals surface area contributed by atoms with Crippen LogP contribution in [0.3, 0.4) is 0 Å². The molecular weight excluding hydrogens is 338 g/mol. The lowest BCUT2D eigenvalue weighted by atomic mass is 10.2. The first-order valence-electron chi connectivity index (χ1n) is 7.65. The third kappa shape index (κ3) is 4.51. The zero-order valence-electron chi connectivity index (χ0n) is 13.5. The molecule has 0 atom stereocenters. The van der Waals surface area contributed by atoms with Crippen LogP contribution in [0.15, 0.2) is 55.0 Å². The molecule has 0 saturated heterocycles. The molecule has 1 amide bonds. The van der Waals surface area contributed by atoms with Crippen LogP contribution >= 0.6 is 11.6 Å². The molecular formula is C18H16ClN5O. The number of halogens is 1. The lowest BCUT2D eigenvalue weighted by Crippen LogP contribution is -2.24. The van der Waals surface area contributed by atoms with Crippen LogP contribution in [-0.4, -0.2) is 20.9 Å². The van der Waals surface area contributed by atoms with E-state index in [9.17, 15) is 4.79 Å². The van der Waals surface area contributed by atoms with Crippen molar-refractivity contribution in [2.75, 3.05) is 5.32 Å². The first kappa shape index (κ1) is 16.9. The van der Waals surface area contributed by atoms with Crippen molar-refractivity contribution in [3.63, 3.8) is 0 Å². The molecule has 126 valence electrons. The van der Waals surface area contributed by atoms with Crippen molar-refractivity contribution in [3.8, 4) is 0 Å². The van der Waals surface area contributed by atoms with E-state index in [4.69, 9.17) is 11.6 Å². The maximum atomic E-state index is 12.3. The Morgan fingerprint density at radius 2 is 1.92 bits per heavy atom. The maximum absolute atomic E-state index is 12.3. The van der Waals surface area contributed by atoms with Gasteiger partial charge in [-0.05, 0) is 54.4 Å². The van der Waals surface area contributed by atoms with Crippen molar-refractivity contribution in [3.05, 3.63) is 76.8 Å². The van der Waals surface area contributed by atoms with E-state index < -0.39 is 0 Å². The van der Waals surface area contributed by atoms with Gasteiger partial charge in [-0.3, -0.25) is 9.78 Å². The van der Waals surface area contributed by atoms with E-state index in [1.54, 1.807) is 30.7 Å². The second-order valence-electron chi connectivity index (χ2n) is 5.39. The molecule has 2 aromatic heterocycles. The van der Waals surface area contributed by atoms with E-state index in [2.05, 4.69) is 25.6 Å². The van der Waals surface area contributed by atoms with Crippen LogP contribution in [0.4, 0.5) is 11.6 Å². The average Bonchev–Trinajstić information content (AvgIpc) is 2.63. The zero-order valence-corrected chi connectivity index (χ0v) is 14.3. The molecule has 3 aromatic rings. The van der Waals surface area contributed by atoms with E-state index in [1.807, 2.05) is 31.2 Å². The van der Waals surface area contributed by atoms with Gasteiger partial charge in [-0.2, -0.15) is 0 Å². The Balaban J connectivity index is 1.69. The number of hydrogen-bond acceptors (Lipinski definition) is 5. The van der Waals surface area contributed by atoms with Crippen LogP contribution in [0.5, 0.6) is 0 Å². The number of hydrogen-bond donors (Lipinski definition) is 2. The van der Waals surface area contributed by atoms with Gasteiger partial charge in [0.2, 0.25) is 5.95 Å². The fourth-order valence-corrected chi connectivity index (χ4v) is 2.43. The van der Waals surface area contributed by atoms with Gasteiger partial charge in [0.1, 0.15) is 5.69 Å². The lowest BCUT2D eigenvalue weighted by molar-refractivity contribution is 0.0946. The van der Waals surface area contributed by atoms with Gasteiger partial charge in [-0.25, -0.2) is 9.97 Å². The summed E-state index contributed by atoms with van der Waals surface area (Å²) in [5, 5.41) is 6.58. The molecule has 25 heavy (non-hydrogen) atoms. The summed E-state index contributed by atoms with van der Waals surface area (Å²) >= 11 is 5.96. The first-order chi connectivity index (χ1) is 12.1. The quantitative estimate of drug-likeness (QED) is 0.733. The standard InChI is InChI=1S/C18H16ClN5O/c1-12-10-14(19)2-3-15(12)23-18-21-9-6-16(24-18)17(25)22-11-13-4-7-20-8-5-13/h2-10H,11H2,1H3,(H,22,25)(H,21,23,24). The van der Waals surface area contributed by atoms with Gasteiger partial charge in [-0.15, -0.1) is 0 Å². The summed E-state index contributed by atoms with van der Waals surface area (Å²) in [6, 6.07) is 10.7. The van der Waals surface area contributed by atoms with Gasteiger partial charge >= 0.3 is 0 Å². The fourth-order valence-electron chi connectivity index (χ4n) is 2.21. The molecule has 3 rings (SSSR count). The Bertz CT molecular complexity index is 886. The van der Waals surface area contributed by atoms with E-state index in [0.717, 1.165) is 16.8 Å². The van der Waals surface area contributed by atoms with Crippen LogP contribution in [0.1, 0.15) is 21.6 Å². The Morgan fingerprint density at radius 3 is 2.68 bits per heavy atom. The third-order valence-electron chi connectivity index (χ3n) is 3.53. The number of aryl methyl sites for hydroxylation is 1. The number of nitrogens with zero attached hydrogens (tertiary/aromatic N) is 3. The molecule has 0 fully saturated rings. The molecule has 0 aliphatic heterocycles. The molecule has 0 radical (unpaired) electrons. The monoisotopic (exact) mass is 353 g/mol. The molecule has 6 nitrogen and oxygen atoms in total. The molecule has 0 aliphatic rings. The van der Waals surface area contributed by atoms with Crippen LogP contribution in [-0.2, 0) is 6.54 Å². The highest BCUT2D eigenvalue weighted by Gasteiger charge is 2.09. The van der Waals surface area contributed by atoms with Crippen molar-refractivity contribution in [1.29, 1.82) is 0 Å². The van der Waals surface area contributed by atoms with Crippen LogP contribution in [0.2, 0.25) is 5.02 Å². The van der Waals surface area contributed by atoms with E-state index >= 15 is 0 Å². The Labute approximate surface area is 150 Å². The molecule has 2 N–H and O–H groups in total. The number of pyridine rings is 1. The van der Waals surface area contributed by atoms with Gasteiger partial charge in [0.15, 0.2) is 0 Å². The van der Waals surface area contributed by atoms with Gasteiger partial charge in [0, 0.05) is 35.8 Å². The second kappa shape index (κ2) is 7.72. The number of aromatic nitrogens is 3. The maximum Gasteiger partial charge on any atom is 0.270 e. The van der Waals surface area contributed by atoms with Gasteiger partial charge in [0.25, 0.3) is 5.91 Å². The van der Waals surface area contributed by atoms with Crippen molar-refractivity contribution < 1.29 is 4.79 Å². The smallest absolute Gasteiger partial charge is 0.270 e. The molecule has 0 unspecified atom stereocenters. The fraction of sp³-hybridized carbons (Fsp3) is 0.111. The van der Waals surface area contributed by atoms with E-state index in [0.29, 0.717) is 17.5 Å². The minimum absolute atomic E-state index is 0.268. The second-order valence-corrected chi connectivity index (χ2v) is 5.82. The van der Waals surface area contributed by atoms with E-state index in [-0.39, 0.29) is 11.6 Å². The van der Waals surface area contributed by atoms with Crippen molar-refractivity contribution >= 4 is 29.1 Å². The van der Waals surface area contributed by atoms with Gasteiger partial charge in [-0.1, -0.05) is 11.6 Å². The molecule has 0 saturated carbocycles. The van der Waals surface area contributed by atoms with E-state index in [1.165, 1.54) is 0 Å². The molecule has 1 aromatic carbocycles. The Morgan fingerprint density at radius 1 is 1.12 bits per heavy atom. The molecule has 0 bridgehead atoms. The van der Waals surface area contributed by atoms with Crippen LogP contribution < -0.4 is 10.6 Å². The number of amides is 1. The molecule has 2 heterocycles. The summed E-state index contributed by atoms with van der Waals surface area (Å²) in [6.07, 6.45) is 4.91. The summed E-state index contributed by atoms with van der Waals surface area (Å²) in [6.45, 7) is 2.34. The average molecular weight is 354 g/mol. The highest BCUT2D eigenvalue weighted by Crippen LogP contribution is 2.21. The van der Waals surface area contributed by atoms with Crippen LogP contribution in [0, 0.1) is 6.92 Å². The number of anilines is 2. The molecule has 0 spiro atoms. The van der Waals surface area contributed by atoms with Crippen LogP contribution in [0.25, 0.3) is 0 Å². The van der Waals surface area contributed by atoms with Crippen molar-refractivity contribution in [1.82, 2.24) is 20.3 Å².